The van der Waals surface area contributed by atoms with Gasteiger partial charge in [0.2, 0.25) is 0 Å². The van der Waals surface area contributed by atoms with Gasteiger partial charge in [0.25, 0.3) is 0 Å². The van der Waals surface area contributed by atoms with Crippen LogP contribution in [0.2, 0.25) is 0 Å². The summed E-state index contributed by atoms with van der Waals surface area (Å²) in [5, 5.41) is 3.45. The van der Waals surface area contributed by atoms with E-state index in [1.54, 1.807) is 0 Å². The Morgan fingerprint density at radius 2 is 1.82 bits per heavy atom. The van der Waals surface area contributed by atoms with Gasteiger partial charge in [-0.25, -0.2) is 0 Å². The lowest BCUT2D eigenvalue weighted by molar-refractivity contribution is 0.323. The van der Waals surface area contributed by atoms with Crippen molar-refractivity contribution in [2.24, 2.45) is 5.92 Å². The Labute approximate surface area is 207 Å². The Kier molecular flexibility index (Phi) is 16.1. The number of aryl methyl sites for hydroxylation is 1. The summed E-state index contributed by atoms with van der Waals surface area (Å²) in [6.45, 7) is 26.5. The highest BCUT2D eigenvalue weighted by atomic mass is 15.1. The third-order valence-corrected chi connectivity index (χ3v) is 5.79. The molecule has 0 amide bonds. The van der Waals surface area contributed by atoms with Crippen molar-refractivity contribution in [2.75, 3.05) is 31.6 Å². The SMILES string of the molecule is C=C(C)N[C@H](C)C1CC=CC(C)=C1N(C)CC.CC.CCCN(CCC)c1ccncc1C.[HH]. The van der Waals surface area contributed by atoms with E-state index in [-0.39, 0.29) is 1.43 Å². The molecular weight excluding hydrogens is 404 g/mol. The van der Waals surface area contributed by atoms with Gasteiger partial charge in [-0.15, -0.1) is 0 Å². The van der Waals surface area contributed by atoms with Crippen molar-refractivity contribution in [3.63, 3.8) is 0 Å². The van der Waals surface area contributed by atoms with E-state index >= 15 is 0 Å². The third-order valence-electron chi connectivity index (χ3n) is 5.79. The summed E-state index contributed by atoms with van der Waals surface area (Å²) in [7, 11) is 2.18. The van der Waals surface area contributed by atoms with Crippen LogP contribution in [0, 0.1) is 12.8 Å². The van der Waals surface area contributed by atoms with E-state index in [1.807, 2.05) is 33.2 Å². The first kappa shape index (κ1) is 30.8. The molecule has 1 aliphatic rings. The van der Waals surface area contributed by atoms with E-state index in [0.717, 1.165) is 31.8 Å². The molecule has 190 valence electrons. The fourth-order valence-corrected chi connectivity index (χ4v) is 4.28. The lowest BCUT2D eigenvalue weighted by Crippen LogP contribution is -2.38. The number of allylic oxidation sites excluding steroid dienone is 4. The maximum atomic E-state index is 4.12. The Bertz CT molecular complexity index is 735. The van der Waals surface area contributed by atoms with Crippen molar-refractivity contribution in [2.45, 2.75) is 87.6 Å². The van der Waals surface area contributed by atoms with Gasteiger partial charge in [0, 0.05) is 69.5 Å². The molecule has 0 saturated heterocycles. The molecule has 1 aliphatic carbocycles. The molecule has 0 fully saturated rings. The molecule has 1 aromatic rings. The number of aromatic nitrogens is 1. The van der Waals surface area contributed by atoms with Gasteiger partial charge < -0.3 is 15.1 Å². The molecular formula is C29H54N4. The highest BCUT2D eigenvalue weighted by Crippen LogP contribution is 2.30. The van der Waals surface area contributed by atoms with Crippen LogP contribution in [0.15, 0.2) is 54.2 Å². The molecule has 2 rings (SSSR count). The highest BCUT2D eigenvalue weighted by molar-refractivity contribution is 5.51. The summed E-state index contributed by atoms with van der Waals surface area (Å²) >= 11 is 0. The first-order valence-electron chi connectivity index (χ1n) is 12.9. The van der Waals surface area contributed by atoms with Crippen molar-refractivity contribution in [1.29, 1.82) is 0 Å². The van der Waals surface area contributed by atoms with E-state index < -0.39 is 0 Å². The Morgan fingerprint density at radius 3 is 2.30 bits per heavy atom. The van der Waals surface area contributed by atoms with Crippen LogP contribution in [0.5, 0.6) is 0 Å². The minimum absolute atomic E-state index is 0. The number of hydrogen-bond acceptors (Lipinski definition) is 4. The van der Waals surface area contributed by atoms with Crippen molar-refractivity contribution in [1.82, 2.24) is 15.2 Å². The molecule has 4 nitrogen and oxygen atoms in total. The molecule has 0 radical (unpaired) electrons. The molecule has 2 atom stereocenters. The topological polar surface area (TPSA) is 31.4 Å². The second-order valence-corrected chi connectivity index (χ2v) is 8.69. The molecule has 0 saturated carbocycles. The summed E-state index contributed by atoms with van der Waals surface area (Å²) in [6.07, 6.45) is 11.8. The lowest BCUT2D eigenvalue weighted by Gasteiger charge is -2.36. The first-order chi connectivity index (χ1) is 15.8. The van der Waals surface area contributed by atoms with Gasteiger partial charge in [0.15, 0.2) is 0 Å². The normalized spacial score (nSPS) is 15.5. The van der Waals surface area contributed by atoms with Gasteiger partial charge in [0.05, 0.1) is 0 Å². The van der Waals surface area contributed by atoms with E-state index in [0.29, 0.717) is 12.0 Å². The highest BCUT2D eigenvalue weighted by Gasteiger charge is 2.26. The van der Waals surface area contributed by atoms with Gasteiger partial charge in [-0.1, -0.05) is 46.4 Å². The van der Waals surface area contributed by atoms with Gasteiger partial charge in [-0.05, 0) is 71.1 Å². The van der Waals surface area contributed by atoms with Crippen molar-refractivity contribution >= 4 is 5.69 Å². The molecule has 1 N–H and O–H groups in total. The molecule has 0 aromatic carbocycles. The molecule has 1 unspecified atom stereocenters. The van der Waals surface area contributed by atoms with Crippen LogP contribution in [0.4, 0.5) is 5.69 Å². The minimum atomic E-state index is 0. The number of hydrogen-bond donors (Lipinski definition) is 1. The summed E-state index contributed by atoms with van der Waals surface area (Å²) in [5.74, 6) is 0.543. The molecule has 0 bridgehead atoms. The van der Waals surface area contributed by atoms with Crippen LogP contribution >= 0.6 is 0 Å². The van der Waals surface area contributed by atoms with E-state index in [9.17, 15) is 0 Å². The van der Waals surface area contributed by atoms with Crippen LogP contribution in [0.25, 0.3) is 0 Å². The molecule has 33 heavy (non-hydrogen) atoms. The predicted molar refractivity (Wildman–Crippen MR) is 151 cm³/mol. The van der Waals surface area contributed by atoms with Crippen LogP contribution < -0.4 is 10.2 Å². The molecule has 4 heteroatoms. The van der Waals surface area contributed by atoms with Crippen molar-refractivity contribution < 1.29 is 1.43 Å². The molecule has 0 aliphatic heterocycles. The second kappa shape index (κ2) is 17.3. The average molecular weight is 459 g/mol. The van der Waals surface area contributed by atoms with Gasteiger partial charge in [-0.3, -0.25) is 4.98 Å². The van der Waals surface area contributed by atoms with E-state index in [4.69, 9.17) is 0 Å². The van der Waals surface area contributed by atoms with Crippen LogP contribution in [0.1, 0.15) is 81.6 Å². The van der Waals surface area contributed by atoms with Gasteiger partial charge in [0.1, 0.15) is 0 Å². The number of nitrogens with one attached hydrogen (secondary N) is 1. The van der Waals surface area contributed by atoms with Crippen LogP contribution in [0.3, 0.4) is 0 Å². The molecule has 1 aromatic heterocycles. The average Bonchev–Trinajstić information content (AvgIpc) is 2.80. The monoisotopic (exact) mass is 458 g/mol. The third kappa shape index (κ3) is 10.5. The van der Waals surface area contributed by atoms with Crippen LogP contribution in [-0.4, -0.2) is 42.6 Å². The number of nitrogens with zero attached hydrogens (tertiary/aromatic N) is 3. The lowest BCUT2D eigenvalue weighted by atomic mass is 9.86. The Morgan fingerprint density at radius 1 is 1.21 bits per heavy atom. The van der Waals surface area contributed by atoms with Crippen molar-refractivity contribution in [3.8, 4) is 0 Å². The van der Waals surface area contributed by atoms with Crippen LogP contribution in [-0.2, 0) is 0 Å². The largest absolute Gasteiger partial charge is 0.386 e. The van der Waals surface area contributed by atoms with Crippen molar-refractivity contribution in [3.05, 3.63) is 59.7 Å². The maximum absolute atomic E-state index is 4.12. The summed E-state index contributed by atoms with van der Waals surface area (Å²) in [5.41, 5.74) is 6.51. The number of rotatable bonds is 10. The Balaban J connectivity index is 0. The standard InChI is InChI=1S/C15H26N2.C12H20N2.C2H6.H2/c1-7-17(6)15-12(4)9-8-10-14(15)13(5)16-11(2)3;1-4-8-14(9-5-2)12-6-7-13-10-11(12)3;1-2;/h8-9,13-14,16H,2,7,10H2,1,3-6H3;6-7,10H,4-5,8-9H2,1-3H3;1-2H3;1H/t13-,14?;;;/m1.../s1. The maximum Gasteiger partial charge on any atom is 0.0426 e. The zero-order valence-corrected chi connectivity index (χ0v) is 23.3. The summed E-state index contributed by atoms with van der Waals surface area (Å²) in [6, 6.07) is 2.54. The van der Waals surface area contributed by atoms with E-state index in [2.05, 4.69) is 93.5 Å². The number of pyridine rings is 1. The first-order valence-corrected chi connectivity index (χ1v) is 12.9. The second-order valence-electron chi connectivity index (χ2n) is 8.69. The number of anilines is 1. The molecule has 1 heterocycles. The van der Waals surface area contributed by atoms with E-state index in [1.165, 1.54) is 35.4 Å². The zero-order valence-electron chi connectivity index (χ0n) is 23.3. The minimum Gasteiger partial charge on any atom is -0.386 e. The summed E-state index contributed by atoms with van der Waals surface area (Å²) < 4.78 is 0. The summed E-state index contributed by atoms with van der Waals surface area (Å²) in [4.78, 5) is 8.92. The Hall–Kier alpha value is -2.23. The van der Waals surface area contributed by atoms with Gasteiger partial charge in [-0.2, -0.15) is 0 Å². The predicted octanol–water partition coefficient (Wildman–Crippen LogP) is 7.59. The quantitative estimate of drug-likeness (QED) is 0.391. The smallest absolute Gasteiger partial charge is 0.0426 e. The fourth-order valence-electron chi connectivity index (χ4n) is 4.28. The van der Waals surface area contributed by atoms with Gasteiger partial charge >= 0.3 is 0 Å². The fraction of sp³-hybridized carbons (Fsp3) is 0.621. The molecule has 0 spiro atoms. The zero-order chi connectivity index (χ0) is 25.4.